The minimum atomic E-state index is 0.656. The normalized spacial score (nSPS) is 16.7. The number of benzene rings is 1. The van der Waals surface area contributed by atoms with Crippen LogP contribution >= 0.6 is 11.6 Å². The van der Waals surface area contributed by atoms with Crippen molar-refractivity contribution in [1.29, 1.82) is 5.26 Å². The van der Waals surface area contributed by atoms with Gasteiger partial charge in [-0.15, -0.1) is 0 Å². The molecule has 88 valence electrons. The van der Waals surface area contributed by atoms with E-state index in [0.717, 1.165) is 31.9 Å². The molecule has 17 heavy (non-hydrogen) atoms. The van der Waals surface area contributed by atoms with Gasteiger partial charge in [0.1, 0.15) is 6.07 Å². The van der Waals surface area contributed by atoms with E-state index in [4.69, 9.17) is 16.3 Å². The molecule has 1 aromatic carbocycles. The Balaban J connectivity index is 2.18. The fraction of sp³-hybridized carbons (Fsp3) is 0.308. The van der Waals surface area contributed by atoms with Gasteiger partial charge in [-0.2, -0.15) is 5.26 Å². The number of morpholine rings is 1. The lowest BCUT2D eigenvalue weighted by Gasteiger charge is -2.25. The topological polar surface area (TPSA) is 36.3 Å². The standard InChI is InChI=1S/C13H13ClN2O/c14-13-3-1-11(2-4-13)12(9-15)10-16-5-7-17-8-6-16/h1-4,10H,5-8H2. The van der Waals surface area contributed by atoms with E-state index in [9.17, 15) is 5.26 Å². The van der Waals surface area contributed by atoms with E-state index in [-0.39, 0.29) is 0 Å². The quantitative estimate of drug-likeness (QED) is 0.755. The van der Waals surface area contributed by atoms with Crippen molar-refractivity contribution in [1.82, 2.24) is 4.90 Å². The highest BCUT2D eigenvalue weighted by atomic mass is 35.5. The summed E-state index contributed by atoms with van der Waals surface area (Å²) in [5.41, 5.74) is 1.55. The maximum Gasteiger partial charge on any atom is 0.101 e. The monoisotopic (exact) mass is 248 g/mol. The molecule has 1 saturated heterocycles. The number of halogens is 1. The van der Waals surface area contributed by atoms with Gasteiger partial charge in [-0.25, -0.2) is 0 Å². The summed E-state index contributed by atoms with van der Waals surface area (Å²) < 4.78 is 5.27. The molecule has 0 atom stereocenters. The molecule has 0 radical (unpaired) electrons. The summed E-state index contributed by atoms with van der Waals surface area (Å²) in [4.78, 5) is 2.11. The molecule has 1 aliphatic heterocycles. The van der Waals surface area contributed by atoms with E-state index < -0.39 is 0 Å². The highest BCUT2D eigenvalue weighted by Crippen LogP contribution is 2.18. The number of nitrogens with zero attached hydrogens (tertiary/aromatic N) is 2. The summed E-state index contributed by atoms with van der Waals surface area (Å²) in [5, 5.41) is 9.85. The highest BCUT2D eigenvalue weighted by Gasteiger charge is 2.08. The lowest BCUT2D eigenvalue weighted by Crippen LogP contribution is -2.32. The van der Waals surface area contributed by atoms with E-state index in [1.54, 1.807) is 12.1 Å². The fourth-order valence-electron chi connectivity index (χ4n) is 1.69. The molecule has 0 bridgehead atoms. The molecule has 0 aromatic heterocycles. The number of hydrogen-bond donors (Lipinski definition) is 0. The van der Waals surface area contributed by atoms with Crippen LogP contribution in [0.1, 0.15) is 5.56 Å². The molecule has 0 spiro atoms. The first kappa shape index (κ1) is 12.0. The molecule has 4 heteroatoms. The summed E-state index contributed by atoms with van der Waals surface area (Å²) in [6.45, 7) is 3.10. The van der Waals surface area contributed by atoms with Crippen LogP contribution in [0, 0.1) is 11.3 Å². The zero-order valence-corrected chi connectivity index (χ0v) is 10.2. The molecule has 1 aliphatic rings. The van der Waals surface area contributed by atoms with Gasteiger partial charge >= 0.3 is 0 Å². The SMILES string of the molecule is N#CC(=CN1CCOCC1)c1ccc(Cl)cc1. The van der Waals surface area contributed by atoms with Crippen LogP contribution in [0.5, 0.6) is 0 Å². The van der Waals surface area contributed by atoms with Crippen molar-refractivity contribution in [2.24, 2.45) is 0 Å². The molecule has 0 amide bonds. The van der Waals surface area contributed by atoms with Crippen molar-refractivity contribution < 1.29 is 4.74 Å². The Hall–Kier alpha value is -1.50. The maximum atomic E-state index is 9.17. The zero-order valence-electron chi connectivity index (χ0n) is 9.40. The van der Waals surface area contributed by atoms with Crippen LogP contribution in [-0.4, -0.2) is 31.2 Å². The van der Waals surface area contributed by atoms with Crippen LogP contribution in [0.15, 0.2) is 30.5 Å². The minimum Gasteiger partial charge on any atom is -0.378 e. The molecule has 1 heterocycles. The Morgan fingerprint density at radius 1 is 1.29 bits per heavy atom. The van der Waals surface area contributed by atoms with Crippen LogP contribution in [0.3, 0.4) is 0 Å². The lowest BCUT2D eigenvalue weighted by atomic mass is 10.1. The Kier molecular flexibility index (Phi) is 4.03. The Bertz CT molecular complexity index is 441. The highest BCUT2D eigenvalue weighted by molar-refractivity contribution is 6.30. The summed E-state index contributed by atoms with van der Waals surface area (Å²) in [7, 11) is 0. The molecular formula is C13H13ClN2O. The van der Waals surface area contributed by atoms with Crippen LogP contribution in [0.2, 0.25) is 5.02 Å². The van der Waals surface area contributed by atoms with E-state index in [0.29, 0.717) is 10.6 Å². The second-order valence-corrected chi connectivity index (χ2v) is 4.25. The minimum absolute atomic E-state index is 0.656. The number of allylic oxidation sites excluding steroid dienone is 1. The van der Waals surface area contributed by atoms with Crippen molar-refractivity contribution in [2.45, 2.75) is 0 Å². The van der Waals surface area contributed by atoms with Gasteiger partial charge in [0.05, 0.1) is 18.8 Å². The number of nitriles is 1. The van der Waals surface area contributed by atoms with Gasteiger partial charge in [0.2, 0.25) is 0 Å². The predicted octanol–water partition coefficient (Wildman–Crippen LogP) is 2.54. The third-order valence-electron chi connectivity index (χ3n) is 2.63. The van der Waals surface area contributed by atoms with Gasteiger partial charge in [-0.3, -0.25) is 0 Å². The number of hydrogen-bond acceptors (Lipinski definition) is 3. The second kappa shape index (κ2) is 5.72. The third kappa shape index (κ3) is 3.23. The Morgan fingerprint density at radius 2 is 1.94 bits per heavy atom. The summed E-state index contributed by atoms with van der Waals surface area (Å²) in [5.74, 6) is 0. The average molecular weight is 249 g/mol. The van der Waals surface area contributed by atoms with Gasteiger partial charge in [-0.1, -0.05) is 23.7 Å². The first-order chi connectivity index (χ1) is 8.29. The number of rotatable bonds is 2. The van der Waals surface area contributed by atoms with Crippen LogP contribution < -0.4 is 0 Å². The number of ether oxygens (including phenoxy) is 1. The first-order valence-corrected chi connectivity index (χ1v) is 5.87. The van der Waals surface area contributed by atoms with Gasteiger partial charge in [0, 0.05) is 24.3 Å². The largest absolute Gasteiger partial charge is 0.378 e. The van der Waals surface area contributed by atoms with Gasteiger partial charge in [0.15, 0.2) is 0 Å². The molecule has 3 nitrogen and oxygen atoms in total. The molecule has 0 aliphatic carbocycles. The van der Waals surface area contributed by atoms with Crippen LogP contribution in [0.25, 0.3) is 5.57 Å². The summed E-state index contributed by atoms with van der Waals surface area (Å²) in [6.07, 6.45) is 1.89. The van der Waals surface area contributed by atoms with Crippen molar-refractivity contribution >= 4 is 17.2 Å². The summed E-state index contributed by atoms with van der Waals surface area (Å²) >= 11 is 5.82. The average Bonchev–Trinajstić information content (AvgIpc) is 2.38. The van der Waals surface area contributed by atoms with Crippen molar-refractivity contribution in [3.63, 3.8) is 0 Å². The van der Waals surface area contributed by atoms with E-state index in [2.05, 4.69) is 11.0 Å². The lowest BCUT2D eigenvalue weighted by molar-refractivity contribution is 0.0596. The van der Waals surface area contributed by atoms with Crippen molar-refractivity contribution in [3.8, 4) is 6.07 Å². The molecule has 1 aromatic rings. The van der Waals surface area contributed by atoms with E-state index in [1.807, 2.05) is 18.3 Å². The predicted molar refractivity (Wildman–Crippen MR) is 67.4 cm³/mol. The van der Waals surface area contributed by atoms with Crippen LogP contribution in [0.4, 0.5) is 0 Å². The zero-order chi connectivity index (χ0) is 12.1. The molecule has 2 rings (SSSR count). The van der Waals surface area contributed by atoms with Crippen molar-refractivity contribution in [2.75, 3.05) is 26.3 Å². The summed E-state index contributed by atoms with van der Waals surface area (Å²) in [6, 6.07) is 9.52. The fourth-order valence-corrected chi connectivity index (χ4v) is 1.81. The Labute approximate surface area is 106 Å². The molecular weight excluding hydrogens is 236 g/mol. The third-order valence-corrected chi connectivity index (χ3v) is 2.89. The van der Waals surface area contributed by atoms with E-state index >= 15 is 0 Å². The molecule has 1 fully saturated rings. The Morgan fingerprint density at radius 3 is 2.53 bits per heavy atom. The smallest absolute Gasteiger partial charge is 0.101 e. The van der Waals surface area contributed by atoms with Crippen molar-refractivity contribution in [3.05, 3.63) is 41.1 Å². The van der Waals surface area contributed by atoms with Crippen LogP contribution in [-0.2, 0) is 4.74 Å². The maximum absolute atomic E-state index is 9.17. The molecule has 0 unspecified atom stereocenters. The molecule has 0 saturated carbocycles. The van der Waals surface area contributed by atoms with Gasteiger partial charge in [0.25, 0.3) is 0 Å². The molecule has 0 N–H and O–H groups in total. The first-order valence-electron chi connectivity index (χ1n) is 5.49. The van der Waals surface area contributed by atoms with Gasteiger partial charge < -0.3 is 9.64 Å². The van der Waals surface area contributed by atoms with E-state index in [1.165, 1.54) is 0 Å². The second-order valence-electron chi connectivity index (χ2n) is 3.81. The van der Waals surface area contributed by atoms with Gasteiger partial charge in [-0.05, 0) is 17.7 Å².